The van der Waals surface area contributed by atoms with Gasteiger partial charge in [0.1, 0.15) is 23.5 Å². The summed E-state index contributed by atoms with van der Waals surface area (Å²) in [5.41, 5.74) is 4.85. The van der Waals surface area contributed by atoms with E-state index in [0.29, 0.717) is 0 Å². The Morgan fingerprint density at radius 3 is 2.61 bits per heavy atom. The SMILES string of the molecule is O=C(NNC=Nc1ccc(C(=O)O)c(O)c1)c1cccc(F)c1. The van der Waals surface area contributed by atoms with Gasteiger partial charge in [-0.3, -0.25) is 15.6 Å². The number of hydrogen-bond acceptors (Lipinski definition) is 4. The van der Waals surface area contributed by atoms with Gasteiger partial charge in [0.05, 0.1) is 5.69 Å². The predicted octanol–water partition coefficient (Wildman–Crippen LogP) is 1.82. The second-order valence-electron chi connectivity index (χ2n) is 4.37. The summed E-state index contributed by atoms with van der Waals surface area (Å²) in [4.78, 5) is 26.3. The molecule has 8 heteroatoms. The van der Waals surface area contributed by atoms with E-state index in [0.717, 1.165) is 18.5 Å². The van der Waals surface area contributed by atoms with E-state index in [-0.39, 0.29) is 16.8 Å². The van der Waals surface area contributed by atoms with Gasteiger partial charge in [0, 0.05) is 11.6 Å². The van der Waals surface area contributed by atoms with Crippen LogP contribution in [0.25, 0.3) is 0 Å². The van der Waals surface area contributed by atoms with Gasteiger partial charge in [-0.2, -0.15) is 0 Å². The van der Waals surface area contributed by atoms with Crippen molar-refractivity contribution in [3.05, 3.63) is 59.4 Å². The standard InChI is InChI=1S/C15H12FN3O4/c16-10-3-1-2-9(6-10)14(21)19-18-8-17-11-4-5-12(15(22)23)13(20)7-11/h1-8,20H,(H,17,18)(H,19,21)(H,22,23). The van der Waals surface area contributed by atoms with Gasteiger partial charge in [0.2, 0.25) is 0 Å². The van der Waals surface area contributed by atoms with Crippen LogP contribution in [0.15, 0.2) is 47.5 Å². The van der Waals surface area contributed by atoms with Crippen molar-refractivity contribution in [2.75, 3.05) is 0 Å². The van der Waals surface area contributed by atoms with E-state index in [1.807, 2.05) is 0 Å². The van der Waals surface area contributed by atoms with Crippen LogP contribution in [0.2, 0.25) is 0 Å². The van der Waals surface area contributed by atoms with Crippen molar-refractivity contribution in [1.29, 1.82) is 0 Å². The largest absolute Gasteiger partial charge is 0.507 e. The van der Waals surface area contributed by atoms with Crippen LogP contribution in [0.5, 0.6) is 5.75 Å². The minimum atomic E-state index is -1.25. The monoisotopic (exact) mass is 317 g/mol. The quantitative estimate of drug-likeness (QED) is 0.382. The van der Waals surface area contributed by atoms with Gasteiger partial charge >= 0.3 is 5.97 Å². The lowest BCUT2D eigenvalue weighted by Gasteiger charge is -2.04. The van der Waals surface area contributed by atoms with Gasteiger partial charge in [-0.1, -0.05) is 6.07 Å². The first kappa shape index (κ1) is 16.0. The van der Waals surface area contributed by atoms with E-state index in [1.54, 1.807) is 0 Å². The van der Waals surface area contributed by atoms with Crippen molar-refractivity contribution >= 4 is 23.9 Å². The van der Waals surface area contributed by atoms with E-state index in [1.165, 1.54) is 30.3 Å². The lowest BCUT2D eigenvalue weighted by molar-refractivity contribution is 0.0693. The molecule has 0 fully saturated rings. The molecule has 0 aliphatic carbocycles. The van der Waals surface area contributed by atoms with E-state index >= 15 is 0 Å². The third-order valence-electron chi connectivity index (χ3n) is 2.76. The molecule has 4 N–H and O–H groups in total. The number of nitrogens with zero attached hydrogens (tertiary/aromatic N) is 1. The number of carbonyl (C=O) groups excluding carboxylic acids is 1. The number of nitrogens with one attached hydrogen (secondary N) is 2. The zero-order valence-corrected chi connectivity index (χ0v) is 11.7. The smallest absolute Gasteiger partial charge is 0.339 e. The Labute approximate surface area is 130 Å². The molecule has 7 nitrogen and oxygen atoms in total. The zero-order valence-electron chi connectivity index (χ0n) is 11.7. The Bertz CT molecular complexity index is 777. The average molecular weight is 317 g/mol. The molecule has 2 aromatic carbocycles. The molecule has 23 heavy (non-hydrogen) atoms. The molecule has 0 unspecified atom stereocenters. The summed E-state index contributed by atoms with van der Waals surface area (Å²) in [6, 6.07) is 8.90. The molecule has 2 aromatic rings. The van der Waals surface area contributed by atoms with Gasteiger partial charge in [0.15, 0.2) is 0 Å². The number of aromatic carboxylic acids is 1. The summed E-state index contributed by atoms with van der Waals surface area (Å²) in [5.74, 6) is -2.75. The zero-order chi connectivity index (χ0) is 16.8. The first-order valence-corrected chi connectivity index (χ1v) is 6.37. The minimum absolute atomic E-state index is 0.134. The number of carbonyl (C=O) groups is 2. The first-order chi connectivity index (χ1) is 11.0. The molecule has 0 radical (unpaired) electrons. The molecule has 0 atom stereocenters. The van der Waals surface area contributed by atoms with Crippen LogP contribution < -0.4 is 10.9 Å². The second kappa shape index (κ2) is 7.03. The fourth-order valence-corrected chi connectivity index (χ4v) is 1.69. The summed E-state index contributed by atoms with van der Waals surface area (Å²) >= 11 is 0. The Morgan fingerprint density at radius 2 is 1.96 bits per heavy atom. The highest BCUT2D eigenvalue weighted by Gasteiger charge is 2.09. The topological polar surface area (TPSA) is 111 Å². The predicted molar refractivity (Wildman–Crippen MR) is 80.2 cm³/mol. The Balaban J connectivity index is 1.93. The van der Waals surface area contributed by atoms with Crippen molar-refractivity contribution in [3.8, 4) is 5.75 Å². The molecule has 0 aliphatic rings. The maximum absolute atomic E-state index is 13.0. The van der Waals surface area contributed by atoms with Crippen molar-refractivity contribution in [1.82, 2.24) is 10.9 Å². The third kappa shape index (κ3) is 4.27. The van der Waals surface area contributed by atoms with Crippen LogP contribution >= 0.6 is 0 Å². The molecule has 0 spiro atoms. The lowest BCUT2D eigenvalue weighted by Crippen LogP contribution is -2.36. The number of hydrogen-bond donors (Lipinski definition) is 4. The fraction of sp³-hybridized carbons (Fsp3) is 0. The molecule has 2 rings (SSSR count). The summed E-state index contributed by atoms with van der Waals surface area (Å²) in [7, 11) is 0. The normalized spacial score (nSPS) is 10.5. The molecule has 0 aliphatic heterocycles. The van der Waals surface area contributed by atoms with Gasteiger partial charge in [-0.05, 0) is 30.3 Å². The van der Waals surface area contributed by atoms with Gasteiger partial charge in [-0.15, -0.1) is 0 Å². The Kier molecular flexibility index (Phi) is 4.88. The average Bonchev–Trinajstić information content (AvgIpc) is 2.51. The fourth-order valence-electron chi connectivity index (χ4n) is 1.69. The molecule has 0 bridgehead atoms. The number of phenols is 1. The number of aliphatic imine (C=N–C) groups is 1. The second-order valence-corrected chi connectivity index (χ2v) is 4.37. The molecule has 0 heterocycles. The van der Waals surface area contributed by atoms with E-state index in [4.69, 9.17) is 5.11 Å². The summed E-state index contributed by atoms with van der Waals surface area (Å²) in [6.07, 6.45) is 1.13. The van der Waals surface area contributed by atoms with Gasteiger partial charge in [-0.25, -0.2) is 14.2 Å². The van der Waals surface area contributed by atoms with Gasteiger partial charge in [0.25, 0.3) is 5.91 Å². The van der Waals surface area contributed by atoms with E-state index < -0.39 is 23.4 Å². The molecule has 118 valence electrons. The van der Waals surface area contributed by atoms with Crippen LogP contribution in [0.4, 0.5) is 10.1 Å². The molecule has 1 amide bonds. The van der Waals surface area contributed by atoms with Crippen LogP contribution in [0.1, 0.15) is 20.7 Å². The van der Waals surface area contributed by atoms with Crippen molar-refractivity contribution in [2.45, 2.75) is 0 Å². The number of rotatable bonds is 5. The number of aromatic hydroxyl groups is 1. The van der Waals surface area contributed by atoms with E-state index in [9.17, 15) is 19.1 Å². The highest BCUT2D eigenvalue weighted by molar-refractivity contribution is 5.94. The van der Waals surface area contributed by atoms with Crippen LogP contribution in [-0.4, -0.2) is 28.4 Å². The molecular formula is C15H12FN3O4. The maximum Gasteiger partial charge on any atom is 0.339 e. The first-order valence-electron chi connectivity index (χ1n) is 6.37. The number of carboxylic acid groups (broad SMARTS) is 1. The summed E-state index contributed by atoms with van der Waals surface area (Å²) in [5, 5.41) is 18.3. The molecule has 0 aromatic heterocycles. The van der Waals surface area contributed by atoms with Crippen LogP contribution in [0.3, 0.4) is 0 Å². The summed E-state index contributed by atoms with van der Waals surface area (Å²) in [6.45, 7) is 0. The number of hydrazine groups is 1. The van der Waals surface area contributed by atoms with Crippen LogP contribution in [0, 0.1) is 5.82 Å². The highest BCUT2D eigenvalue weighted by atomic mass is 19.1. The van der Waals surface area contributed by atoms with Gasteiger partial charge < -0.3 is 10.2 Å². The Morgan fingerprint density at radius 1 is 1.17 bits per heavy atom. The molecule has 0 saturated carbocycles. The molecule has 0 saturated heterocycles. The van der Waals surface area contributed by atoms with Crippen molar-refractivity contribution in [2.24, 2.45) is 4.99 Å². The highest BCUT2D eigenvalue weighted by Crippen LogP contribution is 2.23. The number of benzene rings is 2. The Hall–Kier alpha value is -3.42. The number of carboxylic acids is 1. The number of halogens is 1. The molecular weight excluding hydrogens is 305 g/mol. The third-order valence-corrected chi connectivity index (χ3v) is 2.76. The summed E-state index contributed by atoms with van der Waals surface area (Å²) < 4.78 is 13.0. The van der Waals surface area contributed by atoms with Crippen molar-refractivity contribution < 1.29 is 24.2 Å². The number of amides is 1. The van der Waals surface area contributed by atoms with E-state index in [2.05, 4.69) is 15.8 Å². The minimum Gasteiger partial charge on any atom is -0.507 e. The van der Waals surface area contributed by atoms with Crippen LogP contribution in [-0.2, 0) is 0 Å². The maximum atomic E-state index is 13.0. The lowest BCUT2D eigenvalue weighted by atomic mass is 10.2. The van der Waals surface area contributed by atoms with Crippen molar-refractivity contribution in [3.63, 3.8) is 0 Å².